The predicted molar refractivity (Wildman–Crippen MR) is 240 cm³/mol. The van der Waals surface area contributed by atoms with Crippen LogP contribution >= 0.6 is 23.2 Å². The van der Waals surface area contributed by atoms with Crippen molar-refractivity contribution in [3.63, 3.8) is 0 Å². The van der Waals surface area contributed by atoms with Gasteiger partial charge in [0.05, 0.1) is 13.1 Å². The number of hydrogen-bond donors (Lipinski definition) is 0. The van der Waals surface area contributed by atoms with Gasteiger partial charge in [-0.15, -0.1) is 0 Å². The second kappa shape index (κ2) is 20.7. The quantitative estimate of drug-likeness (QED) is 0.0612. The third-order valence-electron chi connectivity index (χ3n) is 11.2. The minimum absolute atomic E-state index is 0.0637. The maximum Gasteiger partial charge on any atom is 0.425 e. The molecular weight excluding hydrogens is 827 g/mol. The van der Waals surface area contributed by atoms with Crippen LogP contribution < -0.4 is 28.7 Å². The van der Waals surface area contributed by atoms with Crippen LogP contribution in [0.2, 0.25) is 10.0 Å². The standard InChI is InChI=1S/C48H50Cl2N6O6/c49-37-11-5-35(6-12-37)9-19-43(59-41-21-15-39(16-22-41)53-27-1-2-28-53)33-55-31-25-51-47(55)61-45(57)46(58)62-48-52-26-32-56(48)34-44(20-10-36-7-13-38(50)14-8-36)60-42-23-17-40(18-24-42)54-29-3-4-30-54/h5-8,11-18,21-26,31-32,43-44H,1-4,9-10,19-20,27-30,33-34H2. The minimum Gasteiger partial charge on any atom is -0.489 e. The second-order valence-electron chi connectivity index (χ2n) is 15.7. The molecule has 322 valence electrons. The van der Waals surface area contributed by atoms with Crippen LogP contribution in [0.25, 0.3) is 0 Å². The highest BCUT2D eigenvalue weighted by Crippen LogP contribution is 2.27. The smallest absolute Gasteiger partial charge is 0.425 e. The predicted octanol–water partition coefficient (Wildman–Crippen LogP) is 9.26. The molecule has 2 aliphatic heterocycles. The number of halogens is 2. The lowest BCUT2D eigenvalue weighted by Crippen LogP contribution is -2.30. The van der Waals surface area contributed by atoms with E-state index < -0.39 is 11.9 Å². The SMILES string of the molecule is O=C(Oc1nccn1CC(CCc1ccc(Cl)cc1)Oc1ccc(N2CCCC2)cc1)C(=O)Oc1nccn1CC(CCc1ccc(Cl)cc1)Oc1ccc(N2CCCC2)cc1. The summed E-state index contributed by atoms with van der Waals surface area (Å²) >= 11 is 12.3. The Bertz CT molecular complexity index is 2190. The van der Waals surface area contributed by atoms with Gasteiger partial charge in [0.2, 0.25) is 0 Å². The Labute approximate surface area is 371 Å². The number of nitrogens with zero attached hydrogens (tertiary/aromatic N) is 6. The Morgan fingerprint density at radius 3 is 1.27 bits per heavy atom. The average molecular weight is 878 g/mol. The highest BCUT2D eigenvalue weighted by molar-refractivity contribution is 6.31. The van der Waals surface area contributed by atoms with E-state index in [2.05, 4.69) is 44.0 Å². The molecule has 0 aliphatic carbocycles. The van der Waals surface area contributed by atoms with E-state index in [0.717, 1.165) is 48.8 Å². The third kappa shape index (κ3) is 11.7. The van der Waals surface area contributed by atoms with Gasteiger partial charge in [0.25, 0.3) is 0 Å². The largest absolute Gasteiger partial charge is 0.489 e. The van der Waals surface area contributed by atoms with Gasteiger partial charge in [-0.05, 0) is 135 Å². The van der Waals surface area contributed by atoms with Gasteiger partial charge in [-0.1, -0.05) is 47.5 Å². The zero-order chi connectivity index (χ0) is 42.7. The van der Waals surface area contributed by atoms with E-state index in [4.69, 9.17) is 42.1 Å². The Morgan fingerprint density at radius 2 is 0.903 bits per heavy atom. The summed E-state index contributed by atoms with van der Waals surface area (Å²) in [5.41, 5.74) is 4.56. The highest BCUT2D eigenvalue weighted by Gasteiger charge is 2.26. The highest BCUT2D eigenvalue weighted by atomic mass is 35.5. The molecule has 0 spiro atoms. The van der Waals surface area contributed by atoms with E-state index in [9.17, 15) is 9.59 Å². The van der Waals surface area contributed by atoms with Crippen LogP contribution in [-0.4, -0.2) is 69.4 Å². The molecule has 2 aliphatic rings. The van der Waals surface area contributed by atoms with Gasteiger partial charge in [0.1, 0.15) is 23.7 Å². The van der Waals surface area contributed by atoms with Crippen molar-refractivity contribution in [3.8, 4) is 23.5 Å². The molecule has 0 radical (unpaired) electrons. The average Bonchev–Trinajstić information content (AvgIpc) is 4.15. The van der Waals surface area contributed by atoms with Crippen molar-refractivity contribution in [2.75, 3.05) is 36.0 Å². The monoisotopic (exact) mass is 876 g/mol. The molecule has 4 heterocycles. The summed E-state index contributed by atoms with van der Waals surface area (Å²) in [5, 5.41) is 1.34. The van der Waals surface area contributed by atoms with E-state index in [0.29, 0.717) is 48.8 Å². The maximum atomic E-state index is 13.3. The number of aryl methyl sites for hydroxylation is 2. The molecule has 0 amide bonds. The van der Waals surface area contributed by atoms with Gasteiger partial charge in [-0.25, -0.2) is 19.6 Å². The molecule has 2 aromatic heterocycles. The summed E-state index contributed by atoms with van der Waals surface area (Å²) in [4.78, 5) is 39.7. The number of carbonyl (C=O) groups excluding carboxylic acids is 2. The molecule has 0 N–H and O–H groups in total. The summed E-state index contributed by atoms with van der Waals surface area (Å²) in [6, 6.07) is 31.6. The molecule has 0 bridgehead atoms. The van der Waals surface area contributed by atoms with Crippen LogP contribution in [0.3, 0.4) is 0 Å². The van der Waals surface area contributed by atoms with E-state index in [1.807, 2.05) is 72.8 Å². The summed E-state index contributed by atoms with van der Waals surface area (Å²) in [6.45, 7) is 4.80. The van der Waals surface area contributed by atoms with Crippen molar-refractivity contribution in [1.82, 2.24) is 19.1 Å². The number of benzene rings is 4. The van der Waals surface area contributed by atoms with Gasteiger partial charge in [-0.2, -0.15) is 0 Å². The summed E-state index contributed by atoms with van der Waals surface area (Å²) < 4.78 is 27.4. The number of esters is 2. The summed E-state index contributed by atoms with van der Waals surface area (Å²) in [7, 11) is 0. The fraction of sp³-hybridized carbons (Fsp3) is 0.333. The van der Waals surface area contributed by atoms with Crippen molar-refractivity contribution in [1.29, 1.82) is 0 Å². The molecule has 62 heavy (non-hydrogen) atoms. The normalized spacial score (nSPS) is 14.7. The van der Waals surface area contributed by atoms with Crippen LogP contribution in [0.1, 0.15) is 49.7 Å². The van der Waals surface area contributed by atoms with Crippen molar-refractivity contribution >= 4 is 46.5 Å². The van der Waals surface area contributed by atoms with Gasteiger partial charge in [0.15, 0.2) is 0 Å². The number of ether oxygens (including phenoxy) is 4. The number of anilines is 2. The van der Waals surface area contributed by atoms with E-state index in [-0.39, 0.29) is 24.2 Å². The fourth-order valence-corrected chi connectivity index (χ4v) is 8.16. The Balaban J connectivity index is 0.910. The van der Waals surface area contributed by atoms with Crippen molar-refractivity contribution in [3.05, 3.63) is 143 Å². The Morgan fingerprint density at radius 1 is 0.532 bits per heavy atom. The lowest BCUT2D eigenvalue weighted by Gasteiger charge is -2.22. The van der Waals surface area contributed by atoms with Crippen LogP contribution in [0.15, 0.2) is 122 Å². The first-order chi connectivity index (χ1) is 30.3. The fourth-order valence-electron chi connectivity index (χ4n) is 7.91. The van der Waals surface area contributed by atoms with E-state index in [1.165, 1.54) is 49.5 Å². The van der Waals surface area contributed by atoms with Crippen LogP contribution in [0, 0.1) is 0 Å². The van der Waals surface area contributed by atoms with Gasteiger partial charge >= 0.3 is 24.0 Å². The van der Waals surface area contributed by atoms with E-state index >= 15 is 0 Å². The van der Waals surface area contributed by atoms with Crippen LogP contribution in [-0.2, 0) is 35.5 Å². The molecule has 12 nitrogen and oxygen atoms in total. The first-order valence-corrected chi connectivity index (χ1v) is 22.1. The molecule has 0 saturated carbocycles. The summed E-state index contributed by atoms with van der Waals surface area (Å²) in [6.07, 6.45) is 13.2. The van der Waals surface area contributed by atoms with Gasteiger partial charge < -0.3 is 28.7 Å². The molecule has 8 rings (SSSR count). The van der Waals surface area contributed by atoms with Crippen LogP contribution in [0.4, 0.5) is 11.4 Å². The number of aromatic nitrogens is 4. The van der Waals surface area contributed by atoms with E-state index in [1.54, 1.807) is 21.5 Å². The topological polar surface area (TPSA) is 113 Å². The number of rotatable bonds is 18. The molecule has 2 fully saturated rings. The number of carbonyl (C=O) groups is 2. The summed E-state index contributed by atoms with van der Waals surface area (Å²) in [5.74, 6) is -1.03. The molecular formula is C48H50Cl2N6O6. The van der Waals surface area contributed by atoms with Crippen molar-refractivity contribution in [2.24, 2.45) is 0 Å². The maximum absolute atomic E-state index is 13.3. The molecule has 14 heteroatoms. The third-order valence-corrected chi connectivity index (χ3v) is 11.8. The number of hydrogen-bond acceptors (Lipinski definition) is 10. The van der Waals surface area contributed by atoms with Crippen LogP contribution in [0.5, 0.6) is 23.5 Å². The Kier molecular flexibility index (Phi) is 14.3. The second-order valence-corrected chi connectivity index (χ2v) is 16.6. The van der Waals surface area contributed by atoms with Crippen molar-refractivity contribution in [2.45, 2.75) is 76.7 Å². The van der Waals surface area contributed by atoms with Gasteiger partial charge in [-0.3, -0.25) is 9.13 Å². The van der Waals surface area contributed by atoms with Crippen molar-refractivity contribution < 1.29 is 28.5 Å². The first kappa shape index (κ1) is 42.7. The number of imidazole rings is 2. The molecule has 2 saturated heterocycles. The zero-order valence-electron chi connectivity index (χ0n) is 34.5. The molecule has 4 aromatic carbocycles. The van der Waals surface area contributed by atoms with Gasteiger partial charge in [0, 0.05) is 72.4 Å². The molecule has 6 aromatic rings. The lowest BCUT2D eigenvalue weighted by atomic mass is 10.1. The lowest BCUT2D eigenvalue weighted by molar-refractivity contribution is -0.157. The molecule has 2 unspecified atom stereocenters. The Hall–Kier alpha value is -5.98. The molecule has 2 atom stereocenters. The first-order valence-electron chi connectivity index (χ1n) is 21.3. The minimum atomic E-state index is -1.24. The zero-order valence-corrected chi connectivity index (χ0v) is 36.0.